The number of alkyl halides is 3. The Bertz CT molecular complexity index is 488. The van der Waals surface area contributed by atoms with Gasteiger partial charge in [0.2, 0.25) is 5.95 Å². The highest BCUT2D eigenvalue weighted by atomic mass is 19.4. The van der Waals surface area contributed by atoms with Gasteiger partial charge in [-0.25, -0.2) is 9.97 Å². The van der Waals surface area contributed by atoms with Gasteiger partial charge in [0.05, 0.1) is 0 Å². The van der Waals surface area contributed by atoms with Crippen LogP contribution in [0.2, 0.25) is 0 Å². The molecule has 1 fully saturated rings. The quantitative estimate of drug-likeness (QED) is 0.831. The molecule has 0 saturated heterocycles. The molecule has 1 aromatic heterocycles. The fourth-order valence-electron chi connectivity index (χ4n) is 1.68. The third-order valence-electron chi connectivity index (χ3n) is 2.55. The molecule has 0 radical (unpaired) electrons. The van der Waals surface area contributed by atoms with Crippen LogP contribution < -0.4 is 4.90 Å². The highest BCUT2D eigenvalue weighted by molar-refractivity contribution is 5.39. The summed E-state index contributed by atoms with van der Waals surface area (Å²) in [6, 6.07) is 3.11. The van der Waals surface area contributed by atoms with Gasteiger partial charge in [0.1, 0.15) is 18.3 Å². The average Bonchev–Trinajstić information content (AvgIpc) is 3.07. The van der Waals surface area contributed by atoms with Crippen LogP contribution in [0.4, 0.5) is 19.1 Å². The number of rotatable bonds is 3. The molecular weight excluding hydrogens is 245 g/mol. The fraction of sp³-hybridized carbons (Fsp3) is 0.545. The van der Waals surface area contributed by atoms with Crippen LogP contribution in [0.1, 0.15) is 24.2 Å². The summed E-state index contributed by atoms with van der Waals surface area (Å²) in [7, 11) is 0. The number of anilines is 1. The van der Waals surface area contributed by atoms with Crippen molar-refractivity contribution in [2.24, 2.45) is 0 Å². The van der Waals surface area contributed by atoms with Gasteiger partial charge in [0.15, 0.2) is 0 Å². The number of hydrogen-bond acceptors (Lipinski definition) is 4. The lowest BCUT2D eigenvalue weighted by Crippen LogP contribution is -2.37. The van der Waals surface area contributed by atoms with Gasteiger partial charge < -0.3 is 4.90 Å². The van der Waals surface area contributed by atoms with Crippen molar-refractivity contribution in [1.29, 1.82) is 5.26 Å². The Balaban J connectivity index is 2.31. The van der Waals surface area contributed by atoms with E-state index in [-0.39, 0.29) is 17.7 Å². The lowest BCUT2D eigenvalue weighted by atomic mass is 10.3. The second kappa shape index (κ2) is 4.44. The third kappa shape index (κ3) is 3.09. The van der Waals surface area contributed by atoms with Gasteiger partial charge in [-0.05, 0) is 25.8 Å². The number of halogens is 3. The molecule has 0 N–H and O–H groups in total. The number of aromatic nitrogens is 2. The van der Waals surface area contributed by atoms with E-state index in [1.165, 1.54) is 6.07 Å². The summed E-state index contributed by atoms with van der Waals surface area (Å²) >= 11 is 0. The molecule has 18 heavy (non-hydrogen) atoms. The number of nitrogens with zero attached hydrogens (tertiary/aromatic N) is 4. The van der Waals surface area contributed by atoms with Gasteiger partial charge >= 0.3 is 6.18 Å². The summed E-state index contributed by atoms with van der Waals surface area (Å²) in [6.45, 7) is 0.552. The zero-order chi connectivity index (χ0) is 13.3. The van der Waals surface area contributed by atoms with Gasteiger partial charge in [-0.1, -0.05) is 0 Å². The minimum atomic E-state index is -4.30. The molecule has 0 spiro atoms. The Morgan fingerprint density at radius 1 is 1.44 bits per heavy atom. The zero-order valence-corrected chi connectivity index (χ0v) is 9.70. The van der Waals surface area contributed by atoms with Crippen molar-refractivity contribution in [3.8, 4) is 6.07 Å². The summed E-state index contributed by atoms with van der Waals surface area (Å²) < 4.78 is 37.5. The molecule has 1 aliphatic rings. The Morgan fingerprint density at radius 3 is 2.61 bits per heavy atom. The molecular formula is C11H11F3N4. The first-order valence-electron chi connectivity index (χ1n) is 5.48. The third-order valence-corrected chi connectivity index (χ3v) is 2.55. The molecule has 1 aliphatic carbocycles. The first-order valence-corrected chi connectivity index (χ1v) is 5.48. The number of nitriles is 1. The predicted octanol–water partition coefficient (Wildman–Crippen LogP) is 2.19. The number of hydrogen-bond donors (Lipinski definition) is 0. The molecule has 0 aliphatic heterocycles. The minimum Gasteiger partial charge on any atom is -0.329 e. The van der Waals surface area contributed by atoms with Crippen LogP contribution in [0, 0.1) is 18.3 Å². The van der Waals surface area contributed by atoms with E-state index < -0.39 is 12.7 Å². The van der Waals surface area contributed by atoms with Crippen molar-refractivity contribution in [3.05, 3.63) is 17.5 Å². The first kappa shape index (κ1) is 12.6. The van der Waals surface area contributed by atoms with Gasteiger partial charge in [-0.3, -0.25) is 0 Å². The number of aryl methyl sites for hydroxylation is 1. The molecule has 0 bridgehead atoms. The molecule has 2 rings (SSSR count). The SMILES string of the molecule is Cc1cc(C#N)nc(N(CC(F)(F)F)C2CC2)n1. The van der Waals surface area contributed by atoms with E-state index in [2.05, 4.69) is 9.97 Å². The topological polar surface area (TPSA) is 52.8 Å². The van der Waals surface area contributed by atoms with Crippen LogP contribution in [-0.2, 0) is 0 Å². The average molecular weight is 256 g/mol. The van der Waals surface area contributed by atoms with Crippen molar-refractivity contribution >= 4 is 5.95 Å². The maximum Gasteiger partial charge on any atom is 0.406 e. The minimum absolute atomic E-state index is 0.00799. The second-order valence-electron chi connectivity index (χ2n) is 4.28. The molecule has 0 atom stereocenters. The largest absolute Gasteiger partial charge is 0.406 e. The standard InChI is InChI=1S/C11H11F3N4/c1-7-4-8(5-15)17-10(16-7)18(9-2-3-9)6-11(12,13)14/h4,9H,2-3,6H2,1H3. The van der Waals surface area contributed by atoms with E-state index in [0.29, 0.717) is 18.5 Å². The lowest BCUT2D eigenvalue weighted by Gasteiger charge is -2.23. The predicted molar refractivity (Wildman–Crippen MR) is 57.9 cm³/mol. The van der Waals surface area contributed by atoms with E-state index >= 15 is 0 Å². The highest BCUT2D eigenvalue weighted by Crippen LogP contribution is 2.32. The fourth-order valence-corrected chi connectivity index (χ4v) is 1.68. The molecule has 96 valence electrons. The Hall–Kier alpha value is -1.84. The Morgan fingerprint density at radius 2 is 2.11 bits per heavy atom. The van der Waals surface area contributed by atoms with E-state index in [0.717, 1.165) is 4.90 Å². The van der Waals surface area contributed by atoms with Crippen molar-refractivity contribution in [1.82, 2.24) is 9.97 Å². The molecule has 1 saturated carbocycles. The molecule has 0 aromatic carbocycles. The van der Waals surface area contributed by atoms with Gasteiger partial charge in [-0.15, -0.1) is 0 Å². The van der Waals surface area contributed by atoms with E-state index in [4.69, 9.17) is 5.26 Å². The van der Waals surface area contributed by atoms with Gasteiger partial charge in [0.25, 0.3) is 0 Å². The summed E-state index contributed by atoms with van der Waals surface area (Å²) in [4.78, 5) is 8.98. The zero-order valence-electron chi connectivity index (χ0n) is 9.70. The second-order valence-corrected chi connectivity index (χ2v) is 4.28. The van der Waals surface area contributed by atoms with Crippen molar-refractivity contribution in [3.63, 3.8) is 0 Å². The van der Waals surface area contributed by atoms with Crippen molar-refractivity contribution in [2.45, 2.75) is 32.0 Å². The Labute approximate surface area is 102 Å². The molecule has 0 unspecified atom stereocenters. The van der Waals surface area contributed by atoms with Gasteiger partial charge in [0, 0.05) is 11.7 Å². The molecule has 0 amide bonds. The maximum absolute atomic E-state index is 12.5. The van der Waals surface area contributed by atoms with Crippen LogP contribution in [-0.4, -0.2) is 28.7 Å². The van der Waals surface area contributed by atoms with Crippen LogP contribution >= 0.6 is 0 Å². The first-order chi connectivity index (χ1) is 8.39. The summed E-state index contributed by atoms with van der Waals surface area (Å²) in [5, 5.41) is 8.77. The molecule has 7 heteroatoms. The monoisotopic (exact) mass is 256 g/mol. The smallest absolute Gasteiger partial charge is 0.329 e. The van der Waals surface area contributed by atoms with E-state index in [9.17, 15) is 13.2 Å². The van der Waals surface area contributed by atoms with Crippen molar-refractivity contribution < 1.29 is 13.2 Å². The lowest BCUT2D eigenvalue weighted by molar-refractivity contribution is -0.120. The maximum atomic E-state index is 12.5. The molecule has 4 nitrogen and oxygen atoms in total. The summed E-state index contributed by atoms with van der Waals surface area (Å²) in [5.74, 6) is -0.00799. The van der Waals surface area contributed by atoms with Gasteiger partial charge in [-0.2, -0.15) is 18.4 Å². The van der Waals surface area contributed by atoms with Crippen LogP contribution in [0.25, 0.3) is 0 Å². The van der Waals surface area contributed by atoms with E-state index in [1.54, 1.807) is 6.92 Å². The van der Waals surface area contributed by atoms with Crippen LogP contribution in [0.5, 0.6) is 0 Å². The van der Waals surface area contributed by atoms with E-state index in [1.807, 2.05) is 6.07 Å². The van der Waals surface area contributed by atoms with Crippen molar-refractivity contribution in [2.75, 3.05) is 11.4 Å². The summed E-state index contributed by atoms with van der Waals surface area (Å²) in [6.07, 6.45) is -2.90. The van der Waals surface area contributed by atoms with Crippen LogP contribution in [0.3, 0.4) is 0 Å². The highest BCUT2D eigenvalue weighted by Gasteiger charge is 2.39. The Kier molecular flexibility index (Phi) is 3.11. The normalized spacial score (nSPS) is 15.3. The van der Waals surface area contributed by atoms with Crippen LogP contribution in [0.15, 0.2) is 6.07 Å². The molecule has 1 aromatic rings. The molecule has 1 heterocycles. The summed E-state index contributed by atoms with van der Waals surface area (Å²) in [5.41, 5.74) is 0.578.